The van der Waals surface area contributed by atoms with Gasteiger partial charge in [0.2, 0.25) is 5.91 Å². The molecule has 3 nitrogen and oxygen atoms in total. The molecule has 94 valence electrons. The second-order valence-electron chi connectivity index (χ2n) is 3.87. The Labute approximate surface area is 108 Å². The lowest BCUT2D eigenvalue weighted by atomic mass is 10.2. The van der Waals surface area contributed by atoms with E-state index in [1.54, 1.807) is 12.1 Å². The van der Waals surface area contributed by atoms with Gasteiger partial charge in [-0.15, -0.1) is 0 Å². The molecule has 1 N–H and O–H groups in total. The molecule has 5 heteroatoms. The summed E-state index contributed by atoms with van der Waals surface area (Å²) >= 11 is 3.25. The van der Waals surface area contributed by atoms with Crippen molar-refractivity contribution in [2.24, 2.45) is 0 Å². The highest BCUT2D eigenvalue weighted by Gasteiger charge is 2.06. The van der Waals surface area contributed by atoms with Crippen molar-refractivity contribution in [1.29, 1.82) is 0 Å². The minimum atomic E-state index is -0.335. The average molecular weight is 304 g/mol. The fourth-order valence-corrected chi connectivity index (χ4v) is 1.57. The van der Waals surface area contributed by atoms with Crippen LogP contribution in [0.4, 0.5) is 4.39 Å². The number of rotatable bonds is 5. The van der Waals surface area contributed by atoms with Crippen molar-refractivity contribution in [2.75, 3.05) is 6.61 Å². The number of hydrogen-bond donors (Lipinski definition) is 1. The minimum Gasteiger partial charge on any atom is -0.369 e. The predicted octanol–water partition coefficient (Wildman–Crippen LogP) is 2.63. The van der Waals surface area contributed by atoms with Crippen molar-refractivity contribution in [2.45, 2.75) is 26.5 Å². The first-order chi connectivity index (χ1) is 7.99. The second kappa shape index (κ2) is 6.71. The van der Waals surface area contributed by atoms with Crippen molar-refractivity contribution in [3.63, 3.8) is 0 Å². The van der Waals surface area contributed by atoms with Gasteiger partial charge in [-0.05, 0) is 32.0 Å². The predicted molar refractivity (Wildman–Crippen MR) is 67.0 cm³/mol. The van der Waals surface area contributed by atoms with Crippen LogP contribution in [0.1, 0.15) is 19.4 Å². The van der Waals surface area contributed by atoms with Gasteiger partial charge in [-0.3, -0.25) is 4.79 Å². The van der Waals surface area contributed by atoms with E-state index in [0.29, 0.717) is 5.56 Å². The molecular weight excluding hydrogens is 289 g/mol. The molecule has 0 spiro atoms. The van der Waals surface area contributed by atoms with Crippen molar-refractivity contribution >= 4 is 21.8 Å². The quantitative estimate of drug-likeness (QED) is 0.908. The van der Waals surface area contributed by atoms with Crippen LogP contribution in [-0.2, 0) is 16.1 Å². The number of carbonyl (C=O) groups is 1. The zero-order valence-corrected chi connectivity index (χ0v) is 11.4. The molecule has 1 aromatic rings. The van der Waals surface area contributed by atoms with E-state index < -0.39 is 0 Å². The van der Waals surface area contributed by atoms with Gasteiger partial charge in [0, 0.05) is 16.6 Å². The van der Waals surface area contributed by atoms with E-state index in [2.05, 4.69) is 21.2 Å². The van der Waals surface area contributed by atoms with Gasteiger partial charge in [-0.1, -0.05) is 15.9 Å². The SMILES string of the molecule is CC(C)OCC(=O)NCc1cc(Br)ccc1F. The van der Waals surface area contributed by atoms with E-state index in [9.17, 15) is 9.18 Å². The first-order valence-electron chi connectivity index (χ1n) is 5.31. The molecule has 1 rings (SSSR count). The Morgan fingerprint density at radius 3 is 2.88 bits per heavy atom. The van der Waals surface area contributed by atoms with Gasteiger partial charge in [0.25, 0.3) is 0 Å². The van der Waals surface area contributed by atoms with Crippen LogP contribution in [0, 0.1) is 5.82 Å². The number of amides is 1. The second-order valence-corrected chi connectivity index (χ2v) is 4.79. The number of hydrogen-bond acceptors (Lipinski definition) is 2. The normalized spacial score (nSPS) is 10.6. The summed E-state index contributed by atoms with van der Waals surface area (Å²) < 4.78 is 19.2. The van der Waals surface area contributed by atoms with Crippen molar-refractivity contribution < 1.29 is 13.9 Å². The summed E-state index contributed by atoms with van der Waals surface area (Å²) in [5.41, 5.74) is 0.442. The summed E-state index contributed by atoms with van der Waals surface area (Å²) in [6, 6.07) is 4.61. The zero-order valence-electron chi connectivity index (χ0n) is 9.80. The Morgan fingerprint density at radius 1 is 1.53 bits per heavy atom. The summed E-state index contributed by atoms with van der Waals surface area (Å²) in [7, 11) is 0. The van der Waals surface area contributed by atoms with Crippen LogP contribution < -0.4 is 5.32 Å². The molecule has 0 aromatic heterocycles. The molecule has 0 radical (unpaired) electrons. The molecule has 0 aliphatic rings. The van der Waals surface area contributed by atoms with Crippen LogP contribution in [0.25, 0.3) is 0 Å². The molecular formula is C12H15BrFNO2. The molecule has 0 bridgehead atoms. The lowest BCUT2D eigenvalue weighted by Crippen LogP contribution is -2.28. The molecule has 0 fully saturated rings. The Morgan fingerprint density at radius 2 is 2.24 bits per heavy atom. The van der Waals surface area contributed by atoms with Gasteiger partial charge >= 0.3 is 0 Å². The maximum absolute atomic E-state index is 13.3. The Hall–Kier alpha value is -0.940. The smallest absolute Gasteiger partial charge is 0.246 e. The third kappa shape index (κ3) is 5.28. The Bertz CT molecular complexity index is 396. The van der Waals surface area contributed by atoms with Gasteiger partial charge in [0.05, 0.1) is 6.10 Å². The summed E-state index contributed by atoms with van der Waals surface area (Å²) in [5, 5.41) is 2.60. The van der Waals surface area contributed by atoms with Gasteiger partial charge in [0.1, 0.15) is 12.4 Å². The summed E-state index contributed by atoms with van der Waals surface area (Å²) in [5.74, 6) is -0.587. The monoisotopic (exact) mass is 303 g/mol. The van der Waals surface area contributed by atoms with Crippen LogP contribution in [0.3, 0.4) is 0 Å². The zero-order chi connectivity index (χ0) is 12.8. The standard InChI is InChI=1S/C12H15BrFNO2/c1-8(2)17-7-12(16)15-6-9-5-10(13)3-4-11(9)14/h3-5,8H,6-7H2,1-2H3,(H,15,16). The van der Waals surface area contributed by atoms with E-state index >= 15 is 0 Å². The van der Waals surface area contributed by atoms with E-state index in [1.165, 1.54) is 6.07 Å². The van der Waals surface area contributed by atoms with E-state index in [1.807, 2.05) is 13.8 Å². The highest BCUT2D eigenvalue weighted by molar-refractivity contribution is 9.10. The van der Waals surface area contributed by atoms with E-state index in [4.69, 9.17) is 4.74 Å². The van der Waals surface area contributed by atoms with Crippen molar-refractivity contribution in [3.05, 3.63) is 34.1 Å². The number of nitrogens with one attached hydrogen (secondary N) is 1. The molecule has 0 heterocycles. The lowest BCUT2D eigenvalue weighted by Gasteiger charge is -2.09. The molecule has 0 unspecified atom stereocenters. The third-order valence-corrected chi connectivity index (χ3v) is 2.52. The van der Waals surface area contributed by atoms with E-state index in [0.717, 1.165) is 4.47 Å². The van der Waals surface area contributed by atoms with Crippen LogP contribution >= 0.6 is 15.9 Å². The fraction of sp³-hybridized carbons (Fsp3) is 0.417. The largest absolute Gasteiger partial charge is 0.369 e. The van der Waals surface area contributed by atoms with Gasteiger partial charge in [-0.2, -0.15) is 0 Å². The lowest BCUT2D eigenvalue weighted by molar-refractivity contribution is -0.127. The molecule has 0 saturated carbocycles. The number of carbonyl (C=O) groups excluding carboxylic acids is 1. The van der Waals surface area contributed by atoms with Crippen LogP contribution in [0.2, 0.25) is 0 Å². The molecule has 0 atom stereocenters. The van der Waals surface area contributed by atoms with Gasteiger partial charge < -0.3 is 10.1 Å². The number of benzene rings is 1. The van der Waals surface area contributed by atoms with Gasteiger partial charge in [-0.25, -0.2) is 4.39 Å². The highest BCUT2D eigenvalue weighted by Crippen LogP contribution is 2.15. The first kappa shape index (κ1) is 14.1. The fourth-order valence-electron chi connectivity index (χ4n) is 1.17. The Kier molecular flexibility index (Phi) is 5.58. The average Bonchev–Trinajstić information content (AvgIpc) is 2.27. The molecule has 0 aliphatic heterocycles. The summed E-state index contributed by atoms with van der Waals surface area (Å²) in [6.07, 6.45) is 0.00311. The highest BCUT2D eigenvalue weighted by atomic mass is 79.9. The maximum Gasteiger partial charge on any atom is 0.246 e. The summed E-state index contributed by atoms with van der Waals surface area (Å²) in [6.45, 7) is 3.85. The summed E-state index contributed by atoms with van der Waals surface area (Å²) in [4.78, 5) is 11.3. The molecule has 0 aliphatic carbocycles. The molecule has 1 amide bonds. The first-order valence-corrected chi connectivity index (χ1v) is 6.10. The molecule has 1 aromatic carbocycles. The number of ether oxygens (including phenoxy) is 1. The topological polar surface area (TPSA) is 38.3 Å². The third-order valence-electron chi connectivity index (χ3n) is 2.03. The van der Waals surface area contributed by atoms with Crippen LogP contribution in [0.15, 0.2) is 22.7 Å². The maximum atomic E-state index is 13.3. The molecule has 0 saturated heterocycles. The van der Waals surface area contributed by atoms with E-state index in [-0.39, 0.29) is 31.0 Å². The Balaban J connectivity index is 2.44. The van der Waals surface area contributed by atoms with Crippen molar-refractivity contribution in [1.82, 2.24) is 5.32 Å². The van der Waals surface area contributed by atoms with Crippen LogP contribution in [0.5, 0.6) is 0 Å². The van der Waals surface area contributed by atoms with Gasteiger partial charge in [0.15, 0.2) is 0 Å². The minimum absolute atomic E-state index is 0.00311. The molecule has 17 heavy (non-hydrogen) atoms. The number of halogens is 2. The van der Waals surface area contributed by atoms with Crippen LogP contribution in [-0.4, -0.2) is 18.6 Å². The van der Waals surface area contributed by atoms with Crippen molar-refractivity contribution in [3.8, 4) is 0 Å².